The molecule has 6 nitrogen and oxygen atoms in total. The highest BCUT2D eigenvalue weighted by Gasteiger charge is 2.12. The first-order chi connectivity index (χ1) is 8.04. The average Bonchev–Trinajstić information content (AvgIpc) is 2.30. The first kappa shape index (κ1) is 13.6. The number of halogens is 1. The van der Waals surface area contributed by atoms with Gasteiger partial charge in [0.1, 0.15) is 0 Å². The van der Waals surface area contributed by atoms with Crippen molar-refractivity contribution in [1.82, 2.24) is 10.6 Å². The van der Waals surface area contributed by atoms with Gasteiger partial charge in [-0.1, -0.05) is 6.07 Å². The summed E-state index contributed by atoms with van der Waals surface area (Å²) >= 11 is 3.11. The Bertz CT molecular complexity index is 437. The summed E-state index contributed by atoms with van der Waals surface area (Å²) in [6.45, 7) is 0.585. The van der Waals surface area contributed by atoms with Crippen LogP contribution in [0.2, 0.25) is 0 Å². The fourth-order valence-corrected chi connectivity index (χ4v) is 1.61. The SMILES string of the molecule is CNC(=O)CNCc1ccc(Br)c([N+](=O)[O-])c1. The third-order valence-corrected chi connectivity index (χ3v) is 2.77. The second-order valence-corrected chi connectivity index (χ2v) is 4.17. The maximum Gasteiger partial charge on any atom is 0.283 e. The van der Waals surface area contributed by atoms with Gasteiger partial charge >= 0.3 is 0 Å². The average molecular weight is 302 g/mol. The van der Waals surface area contributed by atoms with Gasteiger partial charge in [-0.05, 0) is 27.6 Å². The molecule has 1 rings (SSSR count). The third kappa shape index (κ3) is 4.12. The number of carbonyl (C=O) groups is 1. The molecular weight excluding hydrogens is 290 g/mol. The van der Waals surface area contributed by atoms with E-state index in [4.69, 9.17) is 0 Å². The highest BCUT2D eigenvalue weighted by Crippen LogP contribution is 2.25. The second kappa shape index (κ2) is 6.31. The number of hydrogen-bond donors (Lipinski definition) is 2. The molecule has 1 amide bonds. The number of carbonyl (C=O) groups excluding carboxylic acids is 1. The minimum absolute atomic E-state index is 0.0178. The summed E-state index contributed by atoms with van der Waals surface area (Å²) in [7, 11) is 1.55. The van der Waals surface area contributed by atoms with Crippen molar-refractivity contribution < 1.29 is 9.72 Å². The van der Waals surface area contributed by atoms with Crippen molar-refractivity contribution in [3.8, 4) is 0 Å². The molecule has 0 aliphatic carbocycles. The molecule has 17 heavy (non-hydrogen) atoms. The van der Waals surface area contributed by atoms with Gasteiger partial charge in [-0.3, -0.25) is 14.9 Å². The van der Waals surface area contributed by atoms with E-state index in [9.17, 15) is 14.9 Å². The molecule has 0 fully saturated rings. The minimum Gasteiger partial charge on any atom is -0.358 e. The molecule has 7 heteroatoms. The number of likely N-dealkylation sites (N-methyl/N-ethyl adjacent to an activating group) is 1. The molecule has 0 aromatic heterocycles. The summed E-state index contributed by atoms with van der Waals surface area (Å²) in [5, 5.41) is 16.1. The van der Waals surface area contributed by atoms with E-state index >= 15 is 0 Å². The number of nitro benzene ring substituents is 1. The van der Waals surface area contributed by atoms with Crippen LogP contribution in [0, 0.1) is 10.1 Å². The van der Waals surface area contributed by atoms with Gasteiger partial charge in [-0.15, -0.1) is 0 Å². The fraction of sp³-hybridized carbons (Fsp3) is 0.300. The van der Waals surface area contributed by atoms with Gasteiger partial charge in [-0.25, -0.2) is 0 Å². The van der Waals surface area contributed by atoms with Crippen LogP contribution in [0.5, 0.6) is 0 Å². The van der Waals surface area contributed by atoms with Crippen molar-refractivity contribution >= 4 is 27.5 Å². The standard InChI is InChI=1S/C10H12BrN3O3/c1-12-10(15)6-13-5-7-2-3-8(11)9(4-7)14(16)17/h2-4,13H,5-6H2,1H3,(H,12,15). The van der Waals surface area contributed by atoms with Gasteiger partial charge in [-0.2, -0.15) is 0 Å². The fourth-order valence-electron chi connectivity index (χ4n) is 1.22. The maximum atomic E-state index is 10.9. The van der Waals surface area contributed by atoms with Crippen LogP contribution in [0.15, 0.2) is 22.7 Å². The molecule has 1 aromatic carbocycles. The molecule has 0 radical (unpaired) electrons. The van der Waals surface area contributed by atoms with E-state index in [0.29, 0.717) is 11.0 Å². The summed E-state index contributed by atoms with van der Waals surface area (Å²) in [5.41, 5.74) is 0.771. The third-order valence-electron chi connectivity index (χ3n) is 2.10. The van der Waals surface area contributed by atoms with E-state index in [2.05, 4.69) is 26.6 Å². The monoisotopic (exact) mass is 301 g/mol. The lowest BCUT2D eigenvalue weighted by Crippen LogP contribution is -2.30. The molecule has 0 aliphatic rings. The second-order valence-electron chi connectivity index (χ2n) is 3.32. The molecule has 92 valence electrons. The van der Waals surface area contributed by atoms with Crippen molar-refractivity contribution in [2.75, 3.05) is 13.6 Å². The van der Waals surface area contributed by atoms with Crippen molar-refractivity contribution in [3.63, 3.8) is 0 Å². The highest BCUT2D eigenvalue weighted by atomic mass is 79.9. The van der Waals surface area contributed by atoms with Crippen LogP contribution in [-0.2, 0) is 11.3 Å². The van der Waals surface area contributed by atoms with Crippen LogP contribution < -0.4 is 10.6 Å². The summed E-state index contributed by atoms with van der Waals surface area (Å²) < 4.78 is 0.442. The van der Waals surface area contributed by atoms with Gasteiger partial charge in [0.2, 0.25) is 5.91 Å². The molecule has 0 bridgehead atoms. The lowest BCUT2D eigenvalue weighted by atomic mass is 10.2. The number of hydrogen-bond acceptors (Lipinski definition) is 4. The van der Waals surface area contributed by atoms with E-state index in [1.165, 1.54) is 6.07 Å². The molecule has 0 spiro atoms. The van der Waals surface area contributed by atoms with Crippen molar-refractivity contribution in [2.24, 2.45) is 0 Å². The summed E-state index contributed by atoms with van der Waals surface area (Å²) in [5.74, 6) is -0.128. The quantitative estimate of drug-likeness (QED) is 0.632. The van der Waals surface area contributed by atoms with Crippen molar-refractivity contribution in [3.05, 3.63) is 38.3 Å². The van der Waals surface area contributed by atoms with E-state index in [1.807, 2.05) is 0 Å². The van der Waals surface area contributed by atoms with Crippen LogP contribution in [-0.4, -0.2) is 24.4 Å². The Balaban J connectivity index is 2.63. The molecule has 0 heterocycles. The van der Waals surface area contributed by atoms with Gasteiger partial charge in [0.05, 0.1) is 15.9 Å². The molecule has 0 saturated heterocycles. The van der Waals surface area contributed by atoms with Crippen LogP contribution in [0.3, 0.4) is 0 Å². The van der Waals surface area contributed by atoms with Gasteiger partial charge in [0, 0.05) is 19.7 Å². The van der Waals surface area contributed by atoms with E-state index in [1.54, 1.807) is 19.2 Å². The van der Waals surface area contributed by atoms with Gasteiger partial charge < -0.3 is 10.6 Å². The van der Waals surface area contributed by atoms with E-state index in [-0.39, 0.29) is 18.1 Å². The van der Waals surface area contributed by atoms with Crippen LogP contribution in [0.25, 0.3) is 0 Å². The first-order valence-corrected chi connectivity index (χ1v) is 5.68. The number of nitrogens with one attached hydrogen (secondary N) is 2. The molecular formula is C10H12BrN3O3. The van der Waals surface area contributed by atoms with Gasteiger partial charge in [0.25, 0.3) is 5.69 Å². The summed E-state index contributed by atoms with van der Waals surface area (Å²) in [6.07, 6.45) is 0. The molecule has 0 aliphatic heterocycles. The summed E-state index contributed by atoms with van der Waals surface area (Å²) in [4.78, 5) is 21.2. The predicted molar refractivity (Wildman–Crippen MR) is 66.6 cm³/mol. The molecule has 2 N–H and O–H groups in total. The zero-order chi connectivity index (χ0) is 12.8. The van der Waals surface area contributed by atoms with Crippen LogP contribution in [0.1, 0.15) is 5.56 Å². The van der Waals surface area contributed by atoms with Crippen molar-refractivity contribution in [2.45, 2.75) is 6.54 Å². The van der Waals surface area contributed by atoms with Crippen molar-refractivity contribution in [1.29, 1.82) is 0 Å². The normalized spacial score (nSPS) is 10.0. The molecule has 0 unspecified atom stereocenters. The molecule has 1 aromatic rings. The number of benzene rings is 1. The number of nitro groups is 1. The predicted octanol–water partition coefficient (Wildman–Crippen LogP) is 1.19. The largest absolute Gasteiger partial charge is 0.358 e. The molecule has 0 saturated carbocycles. The summed E-state index contributed by atoms with van der Waals surface area (Å²) in [6, 6.07) is 4.85. The Morgan fingerprint density at radius 1 is 1.53 bits per heavy atom. The van der Waals surface area contributed by atoms with E-state index < -0.39 is 4.92 Å². The zero-order valence-electron chi connectivity index (χ0n) is 9.20. The Kier molecular flexibility index (Phi) is 5.05. The number of rotatable bonds is 5. The van der Waals surface area contributed by atoms with Gasteiger partial charge in [0.15, 0.2) is 0 Å². The lowest BCUT2D eigenvalue weighted by molar-refractivity contribution is -0.385. The zero-order valence-corrected chi connectivity index (χ0v) is 10.8. The van der Waals surface area contributed by atoms with Crippen LogP contribution >= 0.6 is 15.9 Å². The number of nitrogens with zero attached hydrogens (tertiary/aromatic N) is 1. The highest BCUT2D eigenvalue weighted by molar-refractivity contribution is 9.10. The Morgan fingerprint density at radius 3 is 2.82 bits per heavy atom. The van der Waals surface area contributed by atoms with E-state index in [0.717, 1.165) is 5.56 Å². The molecule has 0 atom stereocenters. The maximum absolute atomic E-state index is 10.9. The van der Waals surface area contributed by atoms with Crippen LogP contribution in [0.4, 0.5) is 5.69 Å². The lowest BCUT2D eigenvalue weighted by Gasteiger charge is -2.04. The Labute approximate surface area is 107 Å². The first-order valence-electron chi connectivity index (χ1n) is 4.88. The number of amides is 1. The Morgan fingerprint density at radius 2 is 2.24 bits per heavy atom. The smallest absolute Gasteiger partial charge is 0.283 e. The topological polar surface area (TPSA) is 84.3 Å². The minimum atomic E-state index is -0.452. The Hall–Kier alpha value is -1.47.